The number of ether oxygens (including phenoxy) is 3. The lowest BCUT2D eigenvalue weighted by molar-refractivity contribution is -0.118. The van der Waals surface area contributed by atoms with Crippen molar-refractivity contribution >= 4 is 11.7 Å². The van der Waals surface area contributed by atoms with Crippen LogP contribution in [0.2, 0.25) is 0 Å². The van der Waals surface area contributed by atoms with E-state index in [1.165, 1.54) is 0 Å². The molecule has 2 aromatic carbocycles. The van der Waals surface area contributed by atoms with E-state index in [4.69, 9.17) is 24.3 Å². The highest BCUT2D eigenvalue weighted by Crippen LogP contribution is 2.47. The predicted octanol–water partition coefficient (Wildman–Crippen LogP) is 4.34. The first-order valence-corrected chi connectivity index (χ1v) is 11.0. The molecule has 1 N–H and O–H groups in total. The Labute approximate surface area is 191 Å². The molecule has 2 aliphatic heterocycles. The molecule has 8 heteroatoms. The first kappa shape index (κ1) is 19.8. The molecule has 1 atom stereocenters. The molecule has 0 radical (unpaired) electrons. The number of allylic oxidation sites excluding steroid dienone is 2. The van der Waals surface area contributed by atoms with Gasteiger partial charge in [0.05, 0.1) is 7.11 Å². The van der Waals surface area contributed by atoms with Gasteiger partial charge in [-0.25, -0.2) is 4.68 Å². The fraction of sp³-hybridized carbons (Fsp3) is 0.320. The first-order valence-electron chi connectivity index (χ1n) is 11.0. The van der Waals surface area contributed by atoms with Gasteiger partial charge in [0.15, 0.2) is 23.1 Å². The summed E-state index contributed by atoms with van der Waals surface area (Å²) in [5.41, 5.74) is 3.32. The number of carbonyl (C=O) groups excluding carboxylic acids is 1. The molecule has 33 heavy (non-hydrogen) atoms. The number of nitrogens with one attached hydrogen (secondary N) is 1. The highest BCUT2D eigenvalue weighted by atomic mass is 16.7. The van der Waals surface area contributed by atoms with Crippen LogP contribution in [-0.2, 0) is 4.79 Å². The molecule has 1 aromatic heterocycles. The van der Waals surface area contributed by atoms with Gasteiger partial charge in [0, 0.05) is 23.3 Å². The van der Waals surface area contributed by atoms with Crippen molar-refractivity contribution in [2.75, 3.05) is 19.2 Å². The number of fused-ring (bicyclic) bond motifs is 2. The second-order valence-electron chi connectivity index (χ2n) is 9.41. The number of Topliss-reactive ketones (excluding diaryl/α,β-unsaturated/α-hetero) is 1. The van der Waals surface area contributed by atoms with Gasteiger partial charge in [-0.1, -0.05) is 19.9 Å². The summed E-state index contributed by atoms with van der Waals surface area (Å²) >= 11 is 0. The van der Waals surface area contributed by atoms with Crippen molar-refractivity contribution in [3.8, 4) is 28.6 Å². The maximum absolute atomic E-state index is 13.4. The topological polar surface area (TPSA) is 87.5 Å². The molecule has 0 spiro atoms. The molecule has 3 aromatic rings. The zero-order valence-electron chi connectivity index (χ0n) is 18.7. The van der Waals surface area contributed by atoms with Crippen molar-refractivity contribution < 1.29 is 19.0 Å². The van der Waals surface area contributed by atoms with Gasteiger partial charge in [0.1, 0.15) is 11.8 Å². The molecule has 6 rings (SSSR count). The standard InChI is InChI=1S/C25H24N4O4/c1-25(2)11-17-21(18(30)12-25)22(15-6-9-19-20(10-15)33-13-32-19)29-24(26-17)27-23(28-29)14-4-7-16(31-3)8-5-14/h4-10,22H,11-13H2,1-3H3,(H,26,27,28)/t22-/m1/s1. The summed E-state index contributed by atoms with van der Waals surface area (Å²) in [7, 11) is 1.64. The number of methoxy groups -OCH3 is 1. The highest BCUT2D eigenvalue weighted by molar-refractivity contribution is 6.00. The second-order valence-corrected chi connectivity index (χ2v) is 9.41. The van der Waals surface area contributed by atoms with Crippen molar-refractivity contribution in [1.82, 2.24) is 14.8 Å². The number of benzene rings is 2. The second kappa shape index (κ2) is 7.10. The summed E-state index contributed by atoms with van der Waals surface area (Å²) in [5, 5.41) is 8.25. The molecule has 3 heterocycles. The lowest BCUT2D eigenvalue weighted by Crippen LogP contribution is -2.36. The summed E-state index contributed by atoms with van der Waals surface area (Å²) in [5.74, 6) is 3.47. The van der Waals surface area contributed by atoms with Crippen LogP contribution in [0.1, 0.15) is 38.3 Å². The van der Waals surface area contributed by atoms with Crippen molar-refractivity contribution in [2.45, 2.75) is 32.7 Å². The molecule has 168 valence electrons. The zero-order valence-corrected chi connectivity index (χ0v) is 18.7. The van der Waals surface area contributed by atoms with Gasteiger partial charge in [-0.05, 0) is 53.8 Å². The third-order valence-electron chi connectivity index (χ3n) is 6.39. The van der Waals surface area contributed by atoms with Crippen LogP contribution in [0, 0.1) is 5.41 Å². The average Bonchev–Trinajstić information content (AvgIpc) is 3.43. The van der Waals surface area contributed by atoms with E-state index < -0.39 is 6.04 Å². The lowest BCUT2D eigenvalue weighted by atomic mass is 9.73. The molecular formula is C25H24N4O4. The van der Waals surface area contributed by atoms with E-state index in [1.54, 1.807) is 7.11 Å². The van der Waals surface area contributed by atoms with Gasteiger partial charge in [0.25, 0.3) is 0 Å². The maximum atomic E-state index is 13.4. The predicted molar refractivity (Wildman–Crippen MR) is 121 cm³/mol. The van der Waals surface area contributed by atoms with Gasteiger partial charge in [0.2, 0.25) is 12.7 Å². The van der Waals surface area contributed by atoms with Crippen molar-refractivity contribution in [3.63, 3.8) is 0 Å². The van der Waals surface area contributed by atoms with Crippen molar-refractivity contribution in [2.24, 2.45) is 5.41 Å². The number of hydrogen-bond donors (Lipinski definition) is 1. The van der Waals surface area contributed by atoms with Crippen LogP contribution < -0.4 is 19.5 Å². The molecule has 0 unspecified atom stereocenters. The van der Waals surface area contributed by atoms with Crippen LogP contribution in [0.4, 0.5) is 5.95 Å². The molecule has 1 aliphatic carbocycles. The minimum absolute atomic E-state index is 0.122. The number of nitrogens with zero attached hydrogens (tertiary/aromatic N) is 3. The average molecular weight is 444 g/mol. The fourth-order valence-electron chi connectivity index (χ4n) is 4.86. The molecule has 0 saturated carbocycles. The van der Waals surface area contributed by atoms with E-state index in [1.807, 2.05) is 47.1 Å². The fourth-order valence-corrected chi connectivity index (χ4v) is 4.86. The van der Waals surface area contributed by atoms with Gasteiger partial charge in [-0.3, -0.25) is 4.79 Å². The third kappa shape index (κ3) is 3.25. The Morgan fingerprint density at radius 1 is 1.09 bits per heavy atom. The Kier molecular flexibility index (Phi) is 4.27. The molecular weight excluding hydrogens is 420 g/mol. The Morgan fingerprint density at radius 2 is 1.88 bits per heavy atom. The number of aromatic nitrogens is 3. The van der Waals surface area contributed by atoms with Gasteiger partial charge >= 0.3 is 0 Å². The van der Waals surface area contributed by atoms with Crippen LogP contribution in [0.25, 0.3) is 11.4 Å². The number of hydrogen-bond acceptors (Lipinski definition) is 7. The zero-order chi connectivity index (χ0) is 22.7. The van der Waals surface area contributed by atoms with Crippen LogP contribution in [0.3, 0.4) is 0 Å². The largest absolute Gasteiger partial charge is 0.497 e. The number of anilines is 1. The molecule has 3 aliphatic rings. The Hall–Kier alpha value is -3.81. The van der Waals surface area contributed by atoms with Crippen LogP contribution in [0.15, 0.2) is 53.7 Å². The highest BCUT2D eigenvalue weighted by Gasteiger charge is 2.42. The van der Waals surface area contributed by atoms with Gasteiger partial charge < -0.3 is 19.5 Å². The summed E-state index contributed by atoms with van der Waals surface area (Å²) in [6.07, 6.45) is 1.25. The summed E-state index contributed by atoms with van der Waals surface area (Å²) in [6.45, 7) is 4.43. The van der Waals surface area contributed by atoms with Crippen LogP contribution in [-0.4, -0.2) is 34.5 Å². The minimum Gasteiger partial charge on any atom is -0.497 e. The number of rotatable bonds is 3. The number of ketones is 1. The van der Waals surface area contributed by atoms with E-state index in [9.17, 15) is 4.79 Å². The van der Waals surface area contributed by atoms with E-state index in [-0.39, 0.29) is 18.0 Å². The summed E-state index contributed by atoms with van der Waals surface area (Å²) in [6, 6.07) is 13.0. The quantitative estimate of drug-likeness (QED) is 0.643. The van der Waals surface area contributed by atoms with E-state index >= 15 is 0 Å². The molecule has 8 nitrogen and oxygen atoms in total. The SMILES string of the molecule is COc1ccc(-c2nc3n(n2)[C@H](c2ccc4c(c2)OCO4)C2=C(CC(C)(C)CC2=O)N3)cc1. The Balaban J connectivity index is 1.50. The minimum atomic E-state index is -0.395. The summed E-state index contributed by atoms with van der Waals surface area (Å²) in [4.78, 5) is 18.2. The third-order valence-corrected chi connectivity index (χ3v) is 6.39. The lowest BCUT2D eigenvalue weighted by Gasteiger charge is -2.38. The molecule has 0 bridgehead atoms. The van der Waals surface area contributed by atoms with Crippen molar-refractivity contribution in [1.29, 1.82) is 0 Å². The Bertz CT molecular complexity index is 1310. The van der Waals surface area contributed by atoms with Crippen molar-refractivity contribution in [3.05, 3.63) is 59.3 Å². The molecule has 0 fully saturated rings. The monoisotopic (exact) mass is 444 g/mol. The van der Waals surface area contributed by atoms with E-state index in [0.29, 0.717) is 29.7 Å². The van der Waals surface area contributed by atoms with Crippen LogP contribution in [0.5, 0.6) is 17.2 Å². The van der Waals surface area contributed by atoms with E-state index in [2.05, 4.69) is 19.2 Å². The summed E-state index contributed by atoms with van der Waals surface area (Å²) < 4.78 is 18.2. The maximum Gasteiger partial charge on any atom is 0.231 e. The Morgan fingerprint density at radius 3 is 2.67 bits per heavy atom. The normalized spacial score (nSPS) is 20.2. The van der Waals surface area contributed by atoms with E-state index in [0.717, 1.165) is 34.6 Å². The smallest absolute Gasteiger partial charge is 0.231 e. The van der Waals surface area contributed by atoms with Crippen LogP contribution >= 0.6 is 0 Å². The number of carbonyl (C=O) groups is 1. The van der Waals surface area contributed by atoms with Gasteiger partial charge in [-0.15, -0.1) is 5.10 Å². The van der Waals surface area contributed by atoms with Gasteiger partial charge in [-0.2, -0.15) is 4.98 Å². The molecule has 0 amide bonds. The molecule has 0 saturated heterocycles. The first-order chi connectivity index (χ1) is 15.9.